The SMILES string of the molecule is COC(=O)c1sc(SC)c(S(=O)(=O)C(C)C)c1Cl. The predicted molar refractivity (Wildman–Crippen MR) is 74.8 cm³/mol. The number of carbonyl (C=O) groups excluding carboxylic acids is 1. The number of ether oxygens (including phenoxy) is 1. The van der Waals surface area contributed by atoms with E-state index in [2.05, 4.69) is 4.74 Å². The molecule has 0 spiro atoms. The Labute approximate surface area is 120 Å². The highest BCUT2D eigenvalue weighted by Crippen LogP contribution is 2.42. The summed E-state index contributed by atoms with van der Waals surface area (Å²) in [6.07, 6.45) is 1.74. The van der Waals surface area contributed by atoms with Crippen LogP contribution in [-0.4, -0.2) is 33.0 Å². The van der Waals surface area contributed by atoms with E-state index in [1.165, 1.54) is 18.9 Å². The quantitative estimate of drug-likeness (QED) is 0.628. The van der Waals surface area contributed by atoms with E-state index in [1.54, 1.807) is 20.1 Å². The van der Waals surface area contributed by atoms with Crippen LogP contribution in [0.15, 0.2) is 9.10 Å². The van der Waals surface area contributed by atoms with Crippen LogP contribution in [0.3, 0.4) is 0 Å². The Morgan fingerprint density at radius 1 is 1.44 bits per heavy atom. The summed E-state index contributed by atoms with van der Waals surface area (Å²) in [6.45, 7) is 3.15. The highest BCUT2D eigenvalue weighted by atomic mass is 35.5. The molecular weight excluding hydrogens is 316 g/mol. The lowest BCUT2D eigenvalue weighted by Gasteiger charge is -2.08. The number of methoxy groups -OCH3 is 1. The van der Waals surface area contributed by atoms with Gasteiger partial charge < -0.3 is 4.74 Å². The van der Waals surface area contributed by atoms with Gasteiger partial charge in [0.05, 0.1) is 21.6 Å². The number of thioether (sulfide) groups is 1. The molecule has 0 N–H and O–H groups in total. The van der Waals surface area contributed by atoms with Gasteiger partial charge in [-0.25, -0.2) is 13.2 Å². The molecule has 0 aliphatic heterocycles. The van der Waals surface area contributed by atoms with E-state index in [9.17, 15) is 13.2 Å². The Morgan fingerprint density at radius 3 is 2.39 bits per heavy atom. The second-order valence-corrected chi connectivity index (χ2v) is 8.57. The third kappa shape index (κ3) is 2.68. The molecule has 0 fully saturated rings. The van der Waals surface area contributed by atoms with Crippen molar-refractivity contribution in [1.82, 2.24) is 0 Å². The number of carbonyl (C=O) groups is 1. The first-order valence-electron chi connectivity index (χ1n) is 4.95. The van der Waals surface area contributed by atoms with Gasteiger partial charge in [-0.15, -0.1) is 23.1 Å². The van der Waals surface area contributed by atoms with Crippen molar-refractivity contribution in [3.05, 3.63) is 9.90 Å². The van der Waals surface area contributed by atoms with Crippen LogP contribution >= 0.6 is 34.7 Å². The van der Waals surface area contributed by atoms with Gasteiger partial charge in [0.2, 0.25) is 0 Å². The average Bonchev–Trinajstić information content (AvgIpc) is 2.65. The lowest BCUT2D eigenvalue weighted by molar-refractivity contribution is 0.0606. The van der Waals surface area contributed by atoms with Gasteiger partial charge in [0.25, 0.3) is 0 Å². The molecule has 0 saturated heterocycles. The van der Waals surface area contributed by atoms with Crippen molar-refractivity contribution >= 4 is 50.5 Å². The zero-order chi connectivity index (χ0) is 14.1. The normalized spacial score (nSPS) is 11.9. The average molecular weight is 329 g/mol. The molecule has 0 radical (unpaired) electrons. The molecule has 0 aromatic carbocycles. The summed E-state index contributed by atoms with van der Waals surface area (Å²) in [7, 11) is -2.29. The first-order chi connectivity index (χ1) is 8.27. The molecule has 0 aliphatic rings. The number of rotatable bonds is 4. The third-order valence-electron chi connectivity index (χ3n) is 2.24. The van der Waals surface area contributed by atoms with Crippen molar-refractivity contribution < 1.29 is 17.9 Å². The fourth-order valence-corrected chi connectivity index (χ4v) is 5.74. The maximum absolute atomic E-state index is 12.2. The van der Waals surface area contributed by atoms with Gasteiger partial charge in [-0.05, 0) is 20.1 Å². The Hall–Kier alpha value is -0.240. The lowest BCUT2D eigenvalue weighted by atomic mass is 10.5. The largest absolute Gasteiger partial charge is 0.465 e. The summed E-state index contributed by atoms with van der Waals surface area (Å²) < 4.78 is 29.5. The predicted octanol–water partition coefficient (Wildman–Crippen LogP) is 3.09. The van der Waals surface area contributed by atoms with Crippen LogP contribution in [0.4, 0.5) is 0 Å². The minimum Gasteiger partial charge on any atom is -0.465 e. The molecule has 1 aromatic rings. The van der Waals surface area contributed by atoms with E-state index in [-0.39, 0.29) is 14.8 Å². The van der Waals surface area contributed by atoms with Crippen molar-refractivity contribution in [2.24, 2.45) is 0 Å². The topological polar surface area (TPSA) is 60.4 Å². The lowest BCUT2D eigenvalue weighted by Crippen LogP contribution is -2.14. The Bertz CT molecular complexity index is 560. The van der Waals surface area contributed by atoms with Crippen LogP contribution in [0.1, 0.15) is 23.5 Å². The highest BCUT2D eigenvalue weighted by Gasteiger charge is 2.32. The summed E-state index contributed by atoms with van der Waals surface area (Å²) in [5.41, 5.74) is 0. The molecule has 0 atom stereocenters. The Balaban J connectivity index is 3.55. The van der Waals surface area contributed by atoms with E-state index < -0.39 is 21.1 Å². The summed E-state index contributed by atoms with van der Waals surface area (Å²) in [5.74, 6) is -0.620. The number of hydrogen-bond acceptors (Lipinski definition) is 6. The number of esters is 1. The number of thiophene rings is 1. The molecule has 18 heavy (non-hydrogen) atoms. The van der Waals surface area contributed by atoms with Gasteiger partial charge >= 0.3 is 5.97 Å². The molecule has 102 valence electrons. The second-order valence-electron chi connectivity index (χ2n) is 3.65. The fourth-order valence-electron chi connectivity index (χ4n) is 1.21. The molecule has 0 bridgehead atoms. The summed E-state index contributed by atoms with van der Waals surface area (Å²) in [5, 5.41) is -0.633. The van der Waals surface area contributed by atoms with Gasteiger partial charge in [0.15, 0.2) is 9.84 Å². The molecule has 4 nitrogen and oxygen atoms in total. The number of halogens is 1. The van der Waals surface area contributed by atoms with Crippen LogP contribution in [0.2, 0.25) is 5.02 Å². The molecule has 1 rings (SSSR count). The first kappa shape index (κ1) is 15.8. The Morgan fingerprint density at radius 2 is 2.00 bits per heavy atom. The second kappa shape index (κ2) is 5.81. The highest BCUT2D eigenvalue weighted by molar-refractivity contribution is 8.01. The maximum atomic E-state index is 12.2. The van der Waals surface area contributed by atoms with E-state index in [0.29, 0.717) is 4.21 Å². The standard InChI is InChI=1S/C10H13ClO4S3/c1-5(2)18(13,14)8-6(11)7(9(12)15-3)17-10(8)16-4/h5H,1-4H3. The summed E-state index contributed by atoms with van der Waals surface area (Å²) >= 11 is 8.32. The third-order valence-corrected chi connectivity index (χ3v) is 7.61. The smallest absolute Gasteiger partial charge is 0.349 e. The van der Waals surface area contributed by atoms with Crippen molar-refractivity contribution in [3.8, 4) is 0 Å². The van der Waals surface area contributed by atoms with E-state index >= 15 is 0 Å². The molecule has 0 unspecified atom stereocenters. The molecule has 1 heterocycles. The van der Waals surface area contributed by atoms with Gasteiger partial charge in [-0.2, -0.15) is 0 Å². The maximum Gasteiger partial charge on any atom is 0.349 e. The van der Waals surface area contributed by atoms with E-state index in [4.69, 9.17) is 11.6 Å². The van der Waals surface area contributed by atoms with Gasteiger partial charge in [-0.1, -0.05) is 11.6 Å². The zero-order valence-electron chi connectivity index (χ0n) is 10.3. The minimum absolute atomic E-state index is 0.0371. The zero-order valence-corrected chi connectivity index (χ0v) is 13.5. The summed E-state index contributed by atoms with van der Waals surface area (Å²) in [6, 6.07) is 0. The molecule has 0 amide bonds. The molecule has 1 aromatic heterocycles. The van der Waals surface area contributed by atoms with E-state index in [0.717, 1.165) is 11.3 Å². The minimum atomic E-state index is -3.52. The van der Waals surface area contributed by atoms with Crippen molar-refractivity contribution in [3.63, 3.8) is 0 Å². The van der Waals surface area contributed by atoms with Crippen LogP contribution in [-0.2, 0) is 14.6 Å². The fraction of sp³-hybridized carbons (Fsp3) is 0.500. The van der Waals surface area contributed by atoms with Crippen molar-refractivity contribution in [2.45, 2.75) is 28.2 Å². The van der Waals surface area contributed by atoms with Crippen LogP contribution < -0.4 is 0 Å². The van der Waals surface area contributed by atoms with Gasteiger partial charge in [-0.3, -0.25) is 0 Å². The molecule has 8 heteroatoms. The number of hydrogen-bond donors (Lipinski definition) is 0. The van der Waals surface area contributed by atoms with Crippen molar-refractivity contribution in [1.29, 1.82) is 0 Å². The Kier molecular flexibility index (Phi) is 5.11. The van der Waals surface area contributed by atoms with Crippen LogP contribution in [0.5, 0.6) is 0 Å². The first-order valence-corrected chi connectivity index (χ1v) is 8.92. The number of sulfone groups is 1. The molecule has 0 aliphatic carbocycles. The van der Waals surface area contributed by atoms with E-state index in [1.807, 2.05) is 0 Å². The van der Waals surface area contributed by atoms with Gasteiger partial charge in [0.1, 0.15) is 9.77 Å². The van der Waals surface area contributed by atoms with Crippen LogP contribution in [0.25, 0.3) is 0 Å². The monoisotopic (exact) mass is 328 g/mol. The molecular formula is C10H13ClO4S3. The van der Waals surface area contributed by atoms with Crippen molar-refractivity contribution in [2.75, 3.05) is 13.4 Å². The van der Waals surface area contributed by atoms with Gasteiger partial charge in [0, 0.05) is 0 Å². The summed E-state index contributed by atoms with van der Waals surface area (Å²) in [4.78, 5) is 11.7. The molecule has 0 saturated carbocycles. The van der Waals surface area contributed by atoms with Crippen LogP contribution in [0, 0.1) is 0 Å².